The van der Waals surface area contributed by atoms with E-state index in [9.17, 15) is 14.7 Å². The van der Waals surface area contributed by atoms with Crippen molar-refractivity contribution in [3.05, 3.63) is 54.0 Å². The van der Waals surface area contributed by atoms with Gasteiger partial charge >= 0.3 is 5.97 Å². The Morgan fingerprint density at radius 2 is 1.81 bits per heavy atom. The van der Waals surface area contributed by atoms with Gasteiger partial charge in [0, 0.05) is 18.9 Å². The first-order valence-electron chi connectivity index (χ1n) is 11.0. The summed E-state index contributed by atoms with van der Waals surface area (Å²) in [6.07, 6.45) is 6.41. The Morgan fingerprint density at radius 3 is 2.39 bits per heavy atom. The van der Waals surface area contributed by atoms with Crippen molar-refractivity contribution in [3.63, 3.8) is 0 Å². The van der Waals surface area contributed by atoms with Crippen LogP contribution in [0.15, 0.2) is 47.1 Å². The second kappa shape index (κ2) is 11.6. The smallest absolute Gasteiger partial charge is 0.303 e. The molecular weight excluding hydrogens is 396 g/mol. The average molecular weight is 429 g/mol. The Kier molecular flexibility index (Phi) is 8.53. The number of nitrogens with one attached hydrogen (secondary N) is 1. The Bertz CT molecular complexity index is 811. The zero-order chi connectivity index (χ0) is 22.1. The number of nitrogens with zero attached hydrogens (tertiary/aromatic N) is 1. The summed E-state index contributed by atoms with van der Waals surface area (Å²) in [7, 11) is 1.58. The lowest BCUT2D eigenvalue weighted by molar-refractivity contribution is -0.137. The van der Waals surface area contributed by atoms with Crippen LogP contribution in [-0.4, -0.2) is 48.6 Å². The first kappa shape index (κ1) is 22.9. The van der Waals surface area contributed by atoms with Crippen molar-refractivity contribution in [2.24, 2.45) is 0 Å². The van der Waals surface area contributed by atoms with E-state index in [4.69, 9.17) is 9.15 Å². The number of hydrogen-bond donors (Lipinski definition) is 2. The molecule has 2 heterocycles. The predicted octanol–water partition coefficient (Wildman–Crippen LogP) is 3.97. The lowest BCUT2D eigenvalue weighted by atomic mass is 9.92. The van der Waals surface area contributed by atoms with Crippen LogP contribution in [0.3, 0.4) is 0 Å². The molecule has 31 heavy (non-hydrogen) atoms. The van der Waals surface area contributed by atoms with Crippen LogP contribution in [0, 0.1) is 0 Å². The van der Waals surface area contributed by atoms with Crippen molar-refractivity contribution in [1.82, 2.24) is 10.2 Å². The van der Waals surface area contributed by atoms with Crippen LogP contribution in [0.4, 0.5) is 0 Å². The first-order valence-corrected chi connectivity index (χ1v) is 11.0. The summed E-state index contributed by atoms with van der Waals surface area (Å²) < 4.78 is 10.8. The van der Waals surface area contributed by atoms with E-state index in [-0.39, 0.29) is 24.8 Å². The number of rotatable bonds is 10. The van der Waals surface area contributed by atoms with Gasteiger partial charge < -0.3 is 19.6 Å². The second-order valence-corrected chi connectivity index (χ2v) is 8.06. The summed E-state index contributed by atoms with van der Waals surface area (Å²) in [4.78, 5) is 26.5. The highest BCUT2D eigenvalue weighted by Crippen LogP contribution is 2.27. The monoisotopic (exact) mass is 428 g/mol. The molecule has 0 spiro atoms. The zero-order valence-corrected chi connectivity index (χ0v) is 18.1. The maximum atomic E-state index is 12.8. The van der Waals surface area contributed by atoms with E-state index < -0.39 is 11.9 Å². The molecule has 3 rings (SSSR count). The topological polar surface area (TPSA) is 92.0 Å². The number of carboxylic acids is 1. The first-order chi connectivity index (χ1) is 15.1. The van der Waals surface area contributed by atoms with Crippen molar-refractivity contribution in [2.75, 3.05) is 26.7 Å². The number of carbonyl (C=O) groups excluding carboxylic acids is 1. The number of methoxy groups -OCH3 is 1. The van der Waals surface area contributed by atoms with Crippen LogP contribution < -0.4 is 10.1 Å². The van der Waals surface area contributed by atoms with Crippen LogP contribution in [0.25, 0.3) is 0 Å². The molecule has 0 aliphatic carbocycles. The van der Waals surface area contributed by atoms with E-state index in [1.54, 1.807) is 25.5 Å². The average Bonchev–Trinajstić information content (AvgIpc) is 3.16. The Balaban J connectivity index is 1.64. The number of carbonyl (C=O) groups is 2. The van der Waals surface area contributed by atoms with Gasteiger partial charge in [-0.2, -0.15) is 0 Å². The predicted molar refractivity (Wildman–Crippen MR) is 117 cm³/mol. The van der Waals surface area contributed by atoms with Crippen LogP contribution >= 0.6 is 0 Å². The summed E-state index contributed by atoms with van der Waals surface area (Å²) in [5.41, 5.74) is 0.813. The molecule has 168 valence electrons. The fourth-order valence-electron chi connectivity index (χ4n) is 4.20. The van der Waals surface area contributed by atoms with Crippen molar-refractivity contribution in [2.45, 2.75) is 50.5 Å². The summed E-state index contributed by atoms with van der Waals surface area (Å²) in [5, 5.41) is 12.3. The summed E-state index contributed by atoms with van der Waals surface area (Å²) in [6, 6.07) is 11.0. The minimum Gasteiger partial charge on any atom is -0.497 e. The molecule has 1 fully saturated rings. The quantitative estimate of drug-likeness (QED) is 0.595. The third kappa shape index (κ3) is 6.85. The van der Waals surface area contributed by atoms with Gasteiger partial charge in [-0.1, -0.05) is 25.0 Å². The van der Waals surface area contributed by atoms with E-state index >= 15 is 0 Å². The van der Waals surface area contributed by atoms with Crippen molar-refractivity contribution in [3.8, 4) is 5.75 Å². The molecular formula is C24H32N2O5. The molecule has 2 N–H and O–H groups in total. The van der Waals surface area contributed by atoms with E-state index in [1.165, 1.54) is 12.8 Å². The molecule has 2 aromatic rings. The minimum atomic E-state index is -0.924. The van der Waals surface area contributed by atoms with Gasteiger partial charge in [-0.25, -0.2) is 0 Å². The van der Waals surface area contributed by atoms with Gasteiger partial charge in [-0.05, 0) is 55.8 Å². The summed E-state index contributed by atoms with van der Waals surface area (Å²) in [6.45, 7) is 2.40. The number of aliphatic carboxylic acids is 1. The molecule has 1 amide bonds. The van der Waals surface area contributed by atoms with Gasteiger partial charge in [-0.15, -0.1) is 0 Å². The van der Waals surface area contributed by atoms with E-state index in [1.807, 2.05) is 24.3 Å². The molecule has 2 unspecified atom stereocenters. The lowest BCUT2D eigenvalue weighted by Gasteiger charge is -2.29. The van der Waals surface area contributed by atoms with Gasteiger partial charge in [0.15, 0.2) is 0 Å². The molecule has 1 aliphatic heterocycles. The number of likely N-dealkylation sites (tertiary alicyclic amines) is 1. The fraction of sp³-hybridized carbons (Fsp3) is 0.500. The number of ether oxygens (including phenoxy) is 1. The maximum Gasteiger partial charge on any atom is 0.303 e. The fourth-order valence-corrected chi connectivity index (χ4v) is 4.20. The normalized spacial score (nSPS) is 16.8. The van der Waals surface area contributed by atoms with Crippen LogP contribution in [0.1, 0.15) is 61.8 Å². The second-order valence-electron chi connectivity index (χ2n) is 8.06. The molecule has 0 radical (unpaired) electrons. The van der Waals surface area contributed by atoms with Crippen LogP contribution in [-0.2, 0) is 9.59 Å². The molecule has 1 aliphatic rings. The van der Waals surface area contributed by atoms with Crippen LogP contribution in [0.2, 0.25) is 0 Å². The molecule has 0 saturated carbocycles. The van der Waals surface area contributed by atoms with Gasteiger partial charge in [0.05, 0.1) is 25.8 Å². The van der Waals surface area contributed by atoms with Crippen molar-refractivity contribution >= 4 is 11.9 Å². The molecule has 1 aromatic heterocycles. The van der Waals surface area contributed by atoms with Crippen molar-refractivity contribution in [1.29, 1.82) is 0 Å². The van der Waals surface area contributed by atoms with E-state index in [0.717, 1.165) is 37.3 Å². The van der Waals surface area contributed by atoms with Gasteiger partial charge in [0.2, 0.25) is 5.91 Å². The SMILES string of the molecule is COc1ccc(C(CC(=O)O)CC(=O)NCC(c2ccco2)N2CCCCCC2)cc1. The summed E-state index contributed by atoms with van der Waals surface area (Å²) >= 11 is 0. The molecule has 1 aromatic carbocycles. The standard InChI is InChI=1S/C24H32N2O5/c1-30-20-10-8-18(9-11-20)19(16-24(28)29)15-23(27)25-17-21(22-7-6-14-31-22)26-12-4-2-3-5-13-26/h6-11,14,19,21H,2-5,12-13,15-17H2,1H3,(H,25,27)(H,28,29). The highest BCUT2D eigenvalue weighted by Gasteiger charge is 2.25. The van der Waals surface area contributed by atoms with Gasteiger partial charge in [0.25, 0.3) is 0 Å². The number of amides is 1. The van der Waals surface area contributed by atoms with Crippen molar-refractivity contribution < 1.29 is 23.8 Å². The van der Waals surface area contributed by atoms with E-state index in [2.05, 4.69) is 10.2 Å². The molecule has 7 nitrogen and oxygen atoms in total. The number of carboxylic acid groups (broad SMARTS) is 1. The molecule has 0 bridgehead atoms. The third-order valence-electron chi connectivity index (χ3n) is 5.89. The van der Waals surface area contributed by atoms with Crippen LogP contribution in [0.5, 0.6) is 5.75 Å². The largest absolute Gasteiger partial charge is 0.497 e. The van der Waals surface area contributed by atoms with Gasteiger partial charge in [0.1, 0.15) is 11.5 Å². The minimum absolute atomic E-state index is 0.0176. The number of furan rings is 1. The number of hydrogen-bond acceptors (Lipinski definition) is 5. The molecule has 1 saturated heterocycles. The number of benzene rings is 1. The zero-order valence-electron chi connectivity index (χ0n) is 18.1. The molecule has 2 atom stereocenters. The van der Waals surface area contributed by atoms with Gasteiger partial charge in [-0.3, -0.25) is 14.5 Å². The summed E-state index contributed by atoms with van der Waals surface area (Å²) in [5.74, 6) is 0.0594. The van der Waals surface area contributed by atoms with E-state index in [0.29, 0.717) is 12.3 Å². The lowest BCUT2D eigenvalue weighted by Crippen LogP contribution is -2.39. The molecule has 7 heteroatoms. The Hall–Kier alpha value is -2.80. The highest BCUT2D eigenvalue weighted by molar-refractivity contribution is 5.78. The third-order valence-corrected chi connectivity index (χ3v) is 5.89. The Morgan fingerprint density at radius 1 is 1.10 bits per heavy atom. The highest BCUT2D eigenvalue weighted by atomic mass is 16.5. The maximum absolute atomic E-state index is 12.8. The Labute approximate surface area is 183 Å².